The van der Waals surface area contributed by atoms with E-state index in [2.05, 4.69) is 5.32 Å². The molecule has 2 rings (SSSR count). The Morgan fingerprint density at radius 2 is 1.92 bits per heavy atom. The molecule has 2 aromatic rings. The fourth-order valence-electron chi connectivity index (χ4n) is 2.69. The average molecular weight is 362 g/mol. The molecule has 0 fully saturated rings. The lowest BCUT2D eigenvalue weighted by atomic mass is 10.0. The van der Waals surface area contributed by atoms with E-state index in [0.717, 1.165) is 5.56 Å². The summed E-state index contributed by atoms with van der Waals surface area (Å²) in [6.07, 6.45) is 0. The van der Waals surface area contributed by atoms with Crippen molar-refractivity contribution in [1.82, 2.24) is 10.2 Å². The van der Waals surface area contributed by atoms with Crippen molar-refractivity contribution in [3.8, 4) is 0 Å². The monoisotopic (exact) mass is 361 g/mol. The molecule has 0 aliphatic rings. The number of nitrogens with one attached hydrogen (secondary N) is 1. The van der Waals surface area contributed by atoms with Gasteiger partial charge in [-0.2, -0.15) is 0 Å². The van der Waals surface area contributed by atoms with Gasteiger partial charge < -0.3 is 10.2 Å². The fourth-order valence-corrected chi connectivity index (χ4v) is 2.95. The minimum atomic E-state index is -0.526. The van der Waals surface area contributed by atoms with Gasteiger partial charge in [0.2, 0.25) is 0 Å². The number of rotatable bonds is 6. The number of carbonyl (C=O) groups excluding carboxylic acids is 1. The highest BCUT2D eigenvalue weighted by molar-refractivity contribution is 6.31. The summed E-state index contributed by atoms with van der Waals surface area (Å²) >= 11 is 6.25. The first-order valence-corrected chi connectivity index (χ1v) is 8.13. The van der Waals surface area contributed by atoms with E-state index >= 15 is 0 Å². The summed E-state index contributed by atoms with van der Waals surface area (Å²) in [4.78, 5) is 25.2. The highest BCUT2D eigenvalue weighted by Crippen LogP contribution is 2.26. The predicted octanol–water partition coefficient (Wildman–Crippen LogP) is 3.59. The van der Waals surface area contributed by atoms with E-state index in [9.17, 15) is 14.9 Å². The zero-order chi connectivity index (χ0) is 18.6. The summed E-state index contributed by atoms with van der Waals surface area (Å²) in [5.41, 5.74) is 1.22. The van der Waals surface area contributed by atoms with E-state index in [1.165, 1.54) is 6.07 Å². The van der Waals surface area contributed by atoms with Crippen molar-refractivity contribution >= 4 is 23.2 Å². The van der Waals surface area contributed by atoms with Gasteiger partial charge in [-0.15, -0.1) is 0 Å². The molecule has 1 N–H and O–H groups in total. The van der Waals surface area contributed by atoms with Gasteiger partial charge in [-0.1, -0.05) is 41.9 Å². The van der Waals surface area contributed by atoms with E-state index < -0.39 is 10.8 Å². The molecule has 0 aliphatic heterocycles. The smallest absolute Gasteiger partial charge is 0.285 e. The lowest BCUT2D eigenvalue weighted by Gasteiger charge is -2.26. The molecule has 1 amide bonds. The number of halogens is 1. The van der Waals surface area contributed by atoms with Crippen LogP contribution in [0.5, 0.6) is 0 Å². The molecule has 0 aliphatic carbocycles. The normalized spacial score (nSPS) is 12.0. The van der Waals surface area contributed by atoms with Gasteiger partial charge in [0.05, 0.1) is 11.0 Å². The number of nitro groups is 1. The molecule has 6 nitrogen and oxygen atoms in total. The molecule has 1 atom stereocenters. The highest BCUT2D eigenvalue weighted by atomic mass is 35.5. The summed E-state index contributed by atoms with van der Waals surface area (Å²) in [5.74, 6) is -0.477. The van der Waals surface area contributed by atoms with Crippen LogP contribution in [0.15, 0.2) is 42.5 Å². The fraction of sp³-hybridized carbons (Fsp3) is 0.278. The Bertz CT molecular complexity index is 793. The molecule has 0 heterocycles. The standard InChI is InChI=1S/C18H20ClN3O3/c1-12-7-6-9-14(17(12)22(24)25)18(23)20-11-16(21(2)3)13-8-4-5-10-15(13)19/h4-10,16H,11H2,1-3H3,(H,20,23)/t16-/m1/s1. The molecule has 0 unspecified atom stereocenters. The number of aryl methyl sites for hydroxylation is 1. The molecule has 0 saturated carbocycles. The van der Waals surface area contributed by atoms with E-state index in [4.69, 9.17) is 11.6 Å². The van der Waals surface area contributed by atoms with Crippen molar-refractivity contribution in [1.29, 1.82) is 0 Å². The number of nitrogens with zero attached hydrogens (tertiary/aromatic N) is 2. The van der Waals surface area contributed by atoms with Crippen LogP contribution in [0, 0.1) is 17.0 Å². The first-order valence-electron chi connectivity index (χ1n) is 7.76. The topological polar surface area (TPSA) is 75.5 Å². The summed E-state index contributed by atoms with van der Waals surface area (Å²) in [6, 6.07) is 12.0. The van der Waals surface area contributed by atoms with E-state index in [0.29, 0.717) is 10.6 Å². The highest BCUT2D eigenvalue weighted by Gasteiger charge is 2.24. The molecule has 0 radical (unpaired) electrons. The zero-order valence-electron chi connectivity index (χ0n) is 14.3. The van der Waals surface area contributed by atoms with Gasteiger partial charge in [-0.05, 0) is 38.7 Å². The van der Waals surface area contributed by atoms with Crippen LogP contribution in [0.4, 0.5) is 5.69 Å². The van der Waals surface area contributed by atoms with E-state index in [1.54, 1.807) is 25.1 Å². The van der Waals surface area contributed by atoms with Gasteiger partial charge in [0, 0.05) is 17.1 Å². The molecular formula is C18H20ClN3O3. The van der Waals surface area contributed by atoms with E-state index in [-0.39, 0.29) is 23.8 Å². The summed E-state index contributed by atoms with van der Waals surface area (Å²) in [7, 11) is 3.77. The molecule has 7 heteroatoms. The van der Waals surface area contributed by atoms with Gasteiger partial charge in [0.15, 0.2) is 0 Å². The maximum atomic E-state index is 12.5. The Balaban J connectivity index is 2.22. The minimum absolute atomic E-state index is 0.0571. The second kappa shape index (κ2) is 8.09. The van der Waals surface area contributed by atoms with Crippen molar-refractivity contribution in [3.63, 3.8) is 0 Å². The van der Waals surface area contributed by atoms with Crippen molar-refractivity contribution in [2.45, 2.75) is 13.0 Å². The van der Waals surface area contributed by atoms with Gasteiger partial charge in [0.1, 0.15) is 5.56 Å². The third-order valence-corrected chi connectivity index (χ3v) is 4.35. The SMILES string of the molecule is Cc1cccc(C(=O)NC[C@H](c2ccccc2Cl)N(C)C)c1[N+](=O)[O-]. The van der Waals surface area contributed by atoms with Crippen LogP contribution in [0.25, 0.3) is 0 Å². The summed E-state index contributed by atoms with van der Waals surface area (Å²) in [6.45, 7) is 1.89. The summed E-state index contributed by atoms with van der Waals surface area (Å²) in [5, 5.41) is 14.7. The maximum absolute atomic E-state index is 12.5. The van der Waals surface area contributed by atoms with Gasteiger partial charge in [-0.3, -0.25) is 14.9 Å². The van der Waals surface area contributed by atoms with Crippen LogP contribution < -0.4 is 5.32 Å². The minimum Gasteiger partial charge on any atom is -0.350 e. The zero-order valence-corrected chi connectivity index (χ0v) is 15.1. The third-order valence-electron chi connectivity index (χ3n) is 4.01. The number of amides is 1. The number of hydrogen-bond donors (Lipinski definition) is 1. The van der Waals surface area contributed by atoms with Crippen molar-refractivity contribution in [2.24, 2.45) is 0 Å². The van der Waals surface area contributed by atoms with Crippen LogP contribution in [0.1, 0.15) is 27.5 Å². The number of likely N-dealkylation sites (N-methyl/N-ethyl adjacent to an activating group) is 1. The van der Waals surface area contributed by atoms with Crippen molar-refractivity contribution < 1.29 is 9.72 Å². The first-order chi connectivity index (χ1) is 11.8. The van der Waals surface area contributed by atoms with Crippen LogP contribution in [-0.2, 0) is 0 Å². The van der Waals surface area contributed by atoms with E-state index in [1.807, 2.05) is 37.2 Å². The third kappa shape index (κ3) is 4.35. The number of nitro benzene ring substituents is 1. The molecule has 0 saturated heterocycles. The molecule has 0 bridgehead atoms. The quantitative estimate of drug-likeness (QED) is 0.630. The molecule has 0 aromatic heterocycles. The number of hydrogen-bond acceptors (Lipinski definition) is 4. The number of para-hydroxylation sites is 1. The lowest BCUT2D eigenvalue weighted by Crippen LogP contribution is -2.35. The maximum Gasteiger partial charge on any atom is 0.285 e. The molecular weight excluding hydrogens is 342 g/mol. The molecule has 0 spiro atoms. The van der Waals surface area contributed by atoms with Crippen LogP contribution in [0.3, 0.4) is 0 Å². The number of carbonyl (C=O) groups is 1. The Labute approximate surface area is 151 Å². The second-order valence-corrected chi connectivity index (χ2v) is 6.35. The van der Waals surface area contributed by atoms with Crippen LogP contribution >= 0.6 is 11.6 Å². The van der Waals surface area contributed by atoms with Gasteiger partial charge in [-0.25, -0.2) is 0 Å². The lowest BCUT2D eigenvalue weighted by molar-refractivity contribution is -0.385. The summed E-state index contributed by atoms with van der Waals surface area (Å²) < 4.78 is 0. The van der Waals surface area contributed by atoms with Gasteiger partial charge in [0.25, 0.3) is 11.6 Å². The van der Waals surface area contributed by atoms with Crippen molar-refractivity contribution in [3.05, 3.63) is 74.3 Å². The Morgan fingerprint density at radius 1 is 1.24 bits per heavy atom. The van der Waals surface area contributed by atoms with Crippen molar-refractivity contribution in [2.75, 3.05) is 20.6 Å². The molecule has 25 heavy (non-hydrogen) atoms. The molecule has 2 aromatic carbocycles. The van der Waals surface area contributed by atoms with Crippen LogP contribution in [-0.4, -0.2) is 36.4 Å². The number of benzene rings is 2. The Morgan fingerprint density at radius 3 is 2.52 bits per heavy atom. The second-order valence-electron chi connectivity index (χ2n) is 5.94. The Kier molecular flexibility index (Phi) is 6.12. The average Bonchev–Trinajstić information content (AvgIpc) is 2.55. The Hall–Kier alpha value is -2.44. The predicted molar refractivity (Wildman–Crippen MR) is 98.0 cm³/mol. The first kappa shape index (κ1) is 18.9. The largest absolute Gasteiger partial charge is 0.350 e. The van der Waals surface area contributed by atoms with Crippen LogP contribution in [0.2, 0.25) is 5.02 Å². The molecule has 132 valence electrons. The van der Waals surface area contributed by atoms with Gasteiger partial charge >= 0.3 is 0 Å².